The summed E-state index contributed by atoms with van der Waals surface area (Å²) in [5, 5.41) is 11.1. The largest absolute Gasteiger partial charge is 0.490 e. The maximum absolute atomic E-state index is 11.3. The Kier molecular flexibility index (Phi) is 5.58. The van der Waals surface area contributed by atoms with Crippen molar-refractivity contribution in [3.63, 3.8) is 0 Å². The molecule has 0 atom stereocenters. The van der Waals surface area contributed by atoms with Gasteiger partial charge in [0.2, 0.25) is 0 Å². The van der Waals surface area contributed by atoms with Crippen molar-refractivity contribution in [2.45, 2.75) is 19.8 Å². The maximum atomic E-state index is 11.3. The van der Waals surface area contributed by atoms with Gasteiger partial charge in [-0.05, 0) is 29.3 Å². The SMILES string of the molecule is CCCCOCCOc1cc2ccccc2cc1C(=O)O. The summed E-state index contributed by atoms with van der Waals surface area (Å²) >= 11 is 0. The minimum absolute atomic E-state index is 0.183. The van der Waals surface area contributed by atoms with Crippen molar-refractivity contribution in [2.24, 2.45) is 0 Å². The number of hydrogen-bond acceptors (Lipinski definition) is 3. The van der Waals surface area contributed by atoms with Gasteiger partial charge in [0.1, 0.15) is 17.9 Å². The average Bonchev–Trinajstić information content (AvgIpc) is 2.49. The van der Waals surface area contributed by atoms with Crippen LogP contribution in [0.3, 0.4) is 0 Å². The summed E-state index contributed by atoms with van der Waals surface area (Å²) in [4.78, 5) is 11.3. The Morgan fingerprint density at radius 2 is 1.81 bits per heavy atom. The van der Waals surface area contributed by atoms with Crippen molar-refractivity contribution < 1.29 is 19.4 Å². The Labute approximate surface area is 124 Å². The fourth-order valence-electron chi connectivity index (χ4n) is 2.06. The second-order valence-corrected chi connectivity index (χ2v) is 4.82. The highest BCUT2D eigenvalue weighted by atomic mass is 16.5. The summed E-state index contributed by atoms with van der Waals surface area (Å²) in [5.41, 5.74) is 0.183. The topological polar surface area (TPSA) is 55.8 Å². The van der Waals surface area contributed by atoms with Crippen LogP contribution in [-0.2, 0) is 4.74 Å². The Balaban J connectivity index is 2.06. The van der Waals surface area contributed by atoms with E-state index in [0.29, 0.717) is 25.6 Å². The normalized spacial score (nSPS) is 10.7. The van der Waals surface area contributed by atoms with E-state index in [2.05, 4.69) is 6.92 Å². The molecule has 0 saturated carbocycles. The Hall–Kier alpha value is -2.07. The lowest BCUT2D eigenvalue weighted by atomic mass is 10.1. The summed E-state index contributed by atoms with van der Waals surface area (Å²) < 4.78 is 11.0. The molecular formula is C17H20O4. The van der Waals surface area contributed by atoms with Gasteiger partial charge >= 0.3 is 5.97 Å². The zero-order chi connectivity index (χ0) is 15.1. The van der Waals surface area contributed by atoms with E-state index in [1.54, 1.807) is 12.1 Å². The first-order valence-corrected chi connectivity index (χ1v) is 7.19. The zero-order valence-corrected chi connectivity index (χ0v) is 12.2. The Morgan fingerprint density at radius 3 is 2.48 bits per heavy atom. The predicted octanol–water partition coefficient (Wildman–Crippen LogP) is 3.73. The van der Waals surface area contributed by atoms with Crippen LogP contribution in [-0.4, -0.2) is 30.9 Å². The fourth-order valence-corrected chi connectivity index (χ4v) is 2.06. The monoisotopic (exact) mass is 288 g/mol. The number of fused-ring (bicyclic) bond motifs is 1. The van der Waals surface area contributed by atoms with Crippen molar-refractivity contribution in [3.05, 3.63) is 42.0 Å². The van der Waals surface area contributed by atoms with Crippen LogP contribution in [0.1, 0.15) is 30.1 Å². The minimum Gasteiger partial charge on any atom is -0.490 e. The second kappa shape index (κ2) is 7.64. The third-order valence-electron chi connectivity index (χ3n) is 3.21. The number of unbranched alkanes of at least 4 members (excludes halogenated alkanes) is 1. The molecule has 2 aromatic carbocycles. The molecular weight excluding hydrogens is 268 g/mol. The predicted molar refractivity (Wildman–Crippen MR) is 82.1 cm³/mol. The van der Waals surface area contributed by atoms with E-state index in [9.17, 15) is 9.90 Å². The third kappa shape index (κ3) is 4.20. The van der Waals surface area contributed by atoms with Gasteiger partial charge in [0.25, 0.3) is 0 Å². The van der Waals surface area contributed by atoms with E-state index < -0.39 is 5.97 Å². The lowest BCUT2D eigenvalue weighted by Gasteiger charge is -2.11. The van der Waals surface area contributed by atoms with Crippen molar-refractivity contribution in [1.29, 1.82) is 0 Å². The number of carboxylic acid groups (broad SMARTS) is 1. The van der Waals surface area contributed by atoms with Gasteiger partial charge in [-0.2, -0.15) is 0 Å². The number of ether oxygens (including phenoxy) is 2. The first-order valence-electron chi connectivity index (χ1n) is 7.19. The smallest absolute Gasteiger partial charge is 0.339 e. The molecule has 0 amide bonds. The summed E-state index contributed by atoms with van der Waals surface area (Å²) in [7, 11) is 0. The molecule has 0 aliphatic rings. The lowest BCUT2D eigenvalue weighted by Crippen LogP contribution is -2.10. The van der Waals surface area contributed by atoms with Crippen LogP contribution in [0.15, 0.2) is 36.4 Å². The van der Waals surface area contributed by atoms with E-state index in [-0.39, 0.29) is 5.56 Å². The first kappa shape index (κ1) is 15.3. The first-order chi connectivity index (χ1) is 10.2. The minimum atomic E-state index is -0.984. The zero-order valence-electron chi connectivity index (χ0n) is 12.2. The molecule has 2 aromatic rings. The molecule has 112 valence electrons. The van der Waals surface area contributed by atoms with Crippen molar-refractivity contribution in [1.82, 2.24) is 0 Å². The summed E-state index contributed by atoms with van der Waals surface area (Å²) in [5.74, 6) is -0.594. The standard InChI is InChI=1S/C17H20O4/c1-2-3-8-20-9-10-21-16-12-14-7-5-4-6-13(14)11-15(16)17(18)19/h4-7,11-12H,2-3,8-10H2,1H3,(H,18,19). The molecule has 0 radical (unpaired) electrons. The van der Waals surface area contributed by atoms with E-state index >= 15 is 0 Å². The molecule has 1 N–H and O–H groups in total. The van der Waals surface area contributed by atoms with Crippen molar-refractivity contribution in [3.8, 4) is 5.75 Å². The molecule has 0 unspecified atom stereocenters. The van der Waals surface area contributed by atoms with Crippen LogP contribution in [0.2, 0.25) is 0 Å². The number of aromatic carboxylic acids is 1. The molecule has 0 aliphatic carbocycles. The van der Waals surface area contributed by atoms with Gasteiger partial charge in [-0.1, -0.05) is 37.6 Å². The van der Waals surface area contributed by atoms with Gasteiger partial charge in [0, 0.05) is 6.61 Å². The highest BCUT2D eigenvalue weighted by Crippen LogP contribution is 2.26. The van der Waals surface area contributed by atoms with Crippen LogP contribution in [0.4, 0.5) is 0 Å². The molecule has 4 heteroatoms. The summed E-state index contributed by atoms with van der Waals surface area (Å²) in [6, 6.07) is 11.0. The molecule has 0 fully saturated rings. The van der Waals surface area contributed by atoms with E-state index in [1.165, 1.54) is 0 Å². The van der Waals surface area contributed by atoms with Gasteiger partial charge in [-0.25, -0.2) is 4.79 Å². The van der Waals surface area contributed by atoms with Crippen LogP contribution in [0, 0.1) is 0 Å². The Bertz CT molecular complexity index is 607. The highest BCUT2D eigenvalue weighted by Gasteiger charge is 2.12. The van der Waals surface area contributed by atoms with Gasteiger partial charge < -0.3 is 14.6 Å². The highest BCUT2D eigenvalue weighted by molar-refractivity contribution is 5.97. The summed E-state index contributed by atoms with van der Waals surface area (Å²) in [6.45, 7) is 3.63. The van der Waals surface area contributed by atoms with Gasteiger partial charge in [-0.15, -0.1) is 0 Å². The van der Waals surface area contributed by atoms with Gasteiger partial charge in [-0.3, -0.25) is 0 Å². The summed E-state index contributed by atoms with van der Waals surface area (Å²) in [6.07, 6.45) is 2.12. The van der Waals surface area contributed by atoms with Crippen LogP contribution in [0.25, 0.3) is 10.8 Å². The molecule has 2 rings (SSSR count). The van der Waals surface area contributed by atoms with Crippen molar-refractivity contribution in [2.75, 3.05) is 19.8 Å². The lowest BCUT2D eigenvalue weighted by molar-refractivity contribution is 0.0685. The molecule has 0 aliphatic heterocycles. The third-order valence-corrected chi connectivity index (χ3v) is 3.21. The van der Waals surface area contributed by atoms with Crippen LogP contribution >= 0.6 is 0 Å². The average molecular weight is 288 g/mol. The van der Waals surface area contributed by atoms with Crippen molar-refractivity contribution >= 4 is 16.7 Å². The maximum Gasteiger partial charge on any atom is 0.339 e. The Morgan fingerprint density at radius 1 is 1.10 bits per heavy atom. The van der Waals surface area contributed by atoms with E-state index in [1.807, 2.05) is 24.3 Å². The fraction of sp³-hybridized carbons (Fsp3) is 0.353. The van der Waals surface area contributed by atoms with Gasteiger partial charge in [0.15, 0.2) is 0 Å². The number of benzene rings is 2. The molecule has 0 heterocycles. The van der Waals surface area contributed by atoms with E-state index in [0.717, 1.165) is 23.6 Å². The number of carboxylic acids is 1. The molecule has 21 heavy (non-hydrogen) atoms. The molecule has 4 nitrogen and oxygen atoms in total. The number of rotatable bonds is 8. The van der Waals surface area contributed by atoms with Gasteiger partial charge in [0.05, 0.1) is 6.61 Å². The second-order valence-electron chi connectivity index (χ2n) is 4.82. The van der Waals surface area contributed by atoms with E-state index in [4.69, 9.17) is 9.47 Å². The molecule has 0 aromatic heterocycles. The van der Waals surface area contributed by atoms with Crippen LogP contribution in [0.5, 0.6) is 5.75 Å². The number of hydrogen-bond donors (Lipinski definition) is 1. The van der Waals surface area contributed by atoms with Crippen LogP contribution < -0.4 is 4.74 Å². The molecule has 0 spiro atoms. The quantitative estimate of drug-likeness (QED) is 0.752. The molecule has 0 saturated heterocycles. The molecule has 0 bridgehead atoms. The number of carbonyl (C=O) groups is 1.